The van der Waals surface area contributed by atoms with Crippen molar-refractivity contribution in [1.82, 2.24) is 0 Å². The van der Waals surface area contributed by atoms with Crippen LogP contribution >= 0.6 is 12.5 Å². The van der Waals surface area contributed by atoms with Gasteiger partial charge < -0.3 is 0 Å². The summed E-state index contributed by atoms with van der Waals surface area (Å²) in [6.07, 6.45) is 0. The molecule has 0 aromatic heterocycles. The van der Waals surface area contributed by atoms with Gasteiger partial charge in [-0.2, -0.15) is 0 Å². The minimum atomic E-state index is -0.863. The first-order chi connectivity index (χ1) is 7.52. The Bertz CT molecular complexity index is 385. The van der Waals surface area contributed by atoms with E-state index in [1.54, 1.807) is 34.6 Å². The molecular weight excluding hydrogens is 231 g/mol. The van der Waals surface area contributed by atoms with Crippen molar-refractivity contribution in [1.29, 1.82) is 0 Å². The van der Waals surface area contributed by atoms with Gasteiger partial charge >= 0.3 is 0 Å². The van der Waals surface area contributed by atoms with Crippen molar-refractivity contribution >= 4 is 30.6 Å². The Morgan fingerprint density at radius 1 is 1.00 bits per heavy atom. The fraction of sp³-hybridized carbons (Fsp3) is 0.538. The highest BCUT2D eigenvalue weighted by atomic mass is 32.1. The standard InChI is InChI=1S/C13H21BO2S/c1-8(2)10(15)12(5,6)13(7,14-17)11(16)9(3)4/h14,17H,1,3H2,2,4-7H3. The molecule has 0 rings (SSSR count). The monoisotopic (exact) mass is 252 g/mol. The Morgan fingerprint density at radius 3 is 1.59 bits per heavy atom. The Labute approximate surface area is 110 Å². The first-order valence-corrected chi connectivity index (χ1v) is 6.17. The number of hydrogen-bond donors (Lipinski definition) is 1. The highest BCUT2D eigenvalue weighted by molar-refractivity contribution is 8.07. The van der Waals surface area contributed by atoms with Crippen molar-refractivity contribution in [3.63, 3.8) is 0 Å². The Hall–Kier alpha value is -0.765. The van der Waals surface area contributed by atoms with Crippen molar-refractivity contribution in [2.24, 2.45) is 5.41 Å². The lowest BCUT2D eigenvalue weighted by atomic mass is 9.49. The molecule has 0 aliphatic rings. The van der Waals surface area contributed by atoms with Gasteiger partial charge in [0.05, 0.1) is 0 Å². The van der Waals surface area contributed by atoms with Crippen LogP contribution in [0.1, 0.15) is 34.6 Å². The summed E-state index contributed by atoms with van der Waals surface area (Å²) in [7, 11) is 0. The topological polar surface area (TPSA) is 34.1 Å². The molecule has 0 saturated carbocycles. The molecule has 0 bridgehead atoms. The van der Waals surface area contributed by atoms with Crippen LogP contribution in [0.15, 0.2) is 24.3 Å². The number of carbonyl (C=O) groups excluding carboxylic acids is 2. The van der Waals surface area contributed by atoms with E-state index in [9.17, 15) is 9.59 Å². The molecule has 0 aliphatic carbocycles. The van der Waals surface area contributed by atoms with Crippen molar-refractivity contribution in [3.8, 4) is 0 Å². The molecule has 2 nitrogen and oxygen atoms in total. The van der Waals surface area contributed by atoms with E-state index in [1.165, 1.54) is 0 Å². The largest absolute Gasteiger partial charge is 0.295 e. The van der Waals surface area contributed by atoms with Gasteiger partial charge in [-0.1, -0.05) is 33.9 Å². The summed E-state index contributed by atoms with van der Waals surface area (Å²) in [6.45, 7) is 16.2. The molecule has 1 atom stereocenters. The Morgan fingerprint density at radius 2 is 1.35 bits per heavy atom. The SMILES string of the molecule is C=C(C)C(=O)C(C)(C)C(C)(BS)C(=O)C(=C)C. The number of hydrogen-bond acceptors (Lipinski definition) is 3. The molecule has 0 aliphatic heterocycles. The second kappa shape index (κ2) is 5.26. The lowest BCUT2D eigenvalue weighted by Gasteiger charge is -2.41. The molecule has 0 aromatic carbocycles. The molecular formula is C13H21BO2S. The maximum absolute atomic E-state index is 12.2. The summed E-state index contributed by atoms with van der Waals surface area (Å²) in [5.41, 5.74) is 0.0676. The van der Waals surface area contributed by atoms with E-state index in [0.29, 0.717) is 17.7 Å². The van der Waals surface area contributed by atoms with E-state index in [0.717, 1.165) is 0 Å². The zero-order valence-electron chi connectivity index (χ0n) is 11.4. The number of carbonyl (C=O) groups is 2. The smallest absolute Gasteiger partial charge is 0.203 e. The van der Waals surface area contributed by atoms with Gasteiger partial charge in [-0.15, -0.1) is 0 Å². The lowest BCUT2D eigenvalue weighted by molar-refractivity contribution is -0.131. The van der Waals surface area contributed by atoms with Crippen LogP contribution in [0.5, 0.6) is 0 Å². The van der Waals surface area contributed by atoms with Gasteiger partial charge in [-0.25, -0.2) is 12.5 Å². The van der Waals surface area contributed by atoms with Crippen LogP contribution < -0.4 is 0 Å². The maximum Gasteiger partial charge on any atom is 0.203 e. The third-order valence-electron chi connectivity index (χ3n) is 3.54. The first kappa shape index (κ1) is 16.2. The first-order valence-electron chi connectivity index (χ1n) is 5.54. The molecule has 0 spiro atoms. The summed E-state index contributed by atoms with van der Waals surface area (Å²) >= 11 is 4.25. The number of Topliss-reactive ketones (excluding diaryl/α,β-unsaturated/α-hetero) is 2. The summed E-state index contributed by atoms with van der Waals surface area (Å²) in [6, 6.07) is 0. The minimum absolute atomic E-state index is 0.108. The molecule has 94 valence electrons. The fourth-order valence-corrected chi connectivity index (χ4v) is 2.35. The number of ketones is 2. The third-order valence-corrected chi connectivity index (χ3v) is 4.17. The summed E-state index contributed by atoms with van der Waals surface area (Å²) < 4.78 is 0. The molecule has 0 radical (unpaired) electrons. The maximum atomic E-state index is 12.2. The molecule has 17 heavy (non-hydrogen) atoms. The van der Waals surface area contributed by atoms with Gasteiger partial charge in [0.15, 0.2) is 11.6 Å². The Kier molecular flexibility index (Phi) is 5.02. The normalized spacial score (nSPS) is 14.7. The van der Waals surface area contributed by atoms with Crippen LogP contribution in [0.3, 0.4) is 0 Å². The highest BCUT2D eigenvalue weighted by Gasteiger charge is 2.50. The van der Waals surface area contributed by atoms with Crippen molar-refractivity contribution in [3.05, 3.63) is 24.3 Å². The van der Waals surface area contributed by atoms with Gasteiger partial charge in [0, 0.05) is 10.7 Å². The second-order valence-electron chi connectivity index (χ2n) is 5.33. The van der Waals surface area contributed by atoms with E-state index < -0.39 is 10.7 Å². The van der Waals surface area contributed by atoms with Crippen LogP contribution in [0.25, 0.3) is 0 Å². The molecule has 0 amide bonds. The Balaban J connectivity index is 5.67. The number of rotatable bonds is 6. The van der Waals surface area contributed by atoms with Crippen LogP contribution in [0, 0.1) is 5.41 Å². The average Bonchev–Trinajstić information content (AvgIpc) is 2.24. The molecule has 4 heteroatoms. The summed E-state index contributed by atoms with van der Waals surface area (Å²) in [4.78, 5) is 24.4. The van der Waals surface area contributed by atoms with Gasteiger partial charge in [0.1, 0.15) is 0 Å². The van der Waals surface area contributed by atoms with Gasteiger partial charge in [0.2, 0.25) is 6.56 Å². The molecule has 0 aromatic rings. The van der Waals surface area contributed by atoms with Crippen LogP contribution in [-0.2, 0) is 9.59 Å². The number of thiol groups is 1. The second-order valence-corrected chi connectivity index (χ2v) is 5.65. The molecule has 0 fully saturated rings. The van der Waals surface area contributed by atoms with Crippen LogP contribution in [0.4, 0.5) is 0 Å². The van der Waals surface area contributed by atoms with Gasteiger partial charge in [-0.3, -0.25) is 9.59 Å². The zero-order valence-corrected chi connectivity index (χ0v) is 12.3. The minimum Gasteiger partial charge on any atom is -0.295 e. The quantitative estimate of drug-likeness (QED) is 0.448. The van der Waals surface area contributed by atoms with E-state index in [-0.39, 0.29) is 11.6 Å². The van der Waals surface area contributed by atoms with Crippen molar-refractivity contribution < 1.29 is 9.59 Å². The molecule has 0 heterocycles. The molecule has 0 N–H and O–H groups in total. The third kappa shape index (κ3) is 2.74. The number of allylic oxidation sites excluding steroid dienone is 2. The predicted molar refractivity (Wildman–Crippen MR) is 77.9 cm³/mol. The van der Waals surface area contributed by atoms with Crippen LogP contribution in [-0.4, -0.2) is 18.1 Å². The highest BCUT2D eigenvalue weighted by Crippen LogP contribution is 2.49. The van der Waals surface area contributed by atoms with Gasteiger partial charge in [0.25, 0.3) is 0 Å². The van der Waals surface area contributed by atoms with E-state index in [1.807, 2.05) is 0 Å². The van der Waals surface area contributed by atoms with Gasteiger partial charge in [-0.05, 0) is 25.0 Å². The fourth-order valence-electron chi connectivity index (χ4n) is 1.81. The van der Waals surface area contributed by atoms with E-state index in [4.69, 9.17) is 0 Å². The zero-order chi connectivity index (χ0) is 14.0. The van der Waals surface area contributed by atoms with Crippen molar-refractivity contribution in [2.75, 3.05) is 0 Å². The average molecular weight is 252 g/mol. The molecule has 1 unspecified atom stereocenters. The molecule has 0 saturated heterocycles. The summed E-state index contributed by atoms with van der Waals surface area (Å²) in [5, 5.41) is -0.863. The van der Waals surface area contributed by atoms with E-state index in [2.05, 4.69) is 25.6 Å². The predicted octanol–water partition coefficient (Wildman–Crippen LogP) is 2.76. The van der Waals surface area contributed by atoms with E-state index >= 15 is 0 Å². The van der Waals surface area contributed by atoms with Crippen molar-refractivity contribution in [2.45, 2.75) is 39.9 Å². The summed E-state index contributed by atoms with van der Waals surface area (Å²) in [5.74, 6) is -0.226. The lowest BCUT2D eigenvalue weighted by Crippen LogP contribution is -2.44. The van der Waals surface area contributed by atoms with Crippen LogP contribution in [0.2, 0.25) is 5.31 Å².